The average Bonchev–Trinajstić information content (AvgIpc) is 2.21. The lowest BCUT2D eigenvalue weighted by atomic mass is 9.85. The maximum absolute atomic E-state index is 12.1. The highest BCUT2D eigenvalue weighted by atomic mass is 19.4. The van der Waals surface area contributed by atoms with Crippen LogP contribution in [0, 0.1) is 0 Å². The fourth-order valence-electron chi connectivity index (χ4n) is 1.95. The fourth-order valence-corrected chi connectivity index (χ4v) is 1.95. The molecule has 0 aliphatic rings. The van der Waals surface area contributed by atoms with Crippen LogP contribution >= 0.6 is 0 Å². The van der Waals surface area contributed by atoms with Gasteiger partial charge < -0.3 is 4.90 Å². The van der Waals surface area contributed by atoms with Crippen molar-refractivity contribution in [2.75, 3.05) is 14.1 Å². The van der Waals surface area contributed by atoms with Crippen molar-refractivity contribution < 1.29 is 13.2 Å². The summed E-state index contributed by atoms with van der Waals surface area (Å²) in [7, 11) is 3.83. The van der Waals surface area contributed by atoms with Gasteiger partial charge in [-0.2, -0.15) is 13.2 Å². The Morgan fingerprint density at radius 3 is 2.12 bits per heavy atom. The maximum atomic E-state index is 12.1. The molecule has 0 saturated carbocycles. The lowest BCUT2D eigenvalue weighted by molar-refractivity contribution is -0.136. The first-order valence-electron chi connectivity index (χ1n) is 5.87. The maximum Gasteiger partial charge on any atom is 0.389 e. The largest absolute Gasteiger partial charge is 0.389 e. The normalized spacial score (nSPS) is 18.2. The molecule has 3 N–H and O–H groups in total. The van der Waals surface area contributed by atoms with E-state index in [1.54, 1.807) is 0 Å². The molecule has 0 rings (SSSR count). The summed E-state index contributed by atoms with van der Waals surface area (Å²) in [6.45, 7) is 4.01. The Kier molecular flexibility index (Phi) is 6.43. The van der Waals surface area contributed by atoms with Crippen LogP contribution in [-0.2, 0) is 0 Å². The Labute approximate surface area is 102 Å². The Balaban J connectivity index is 4.41. The lowest BCUT2D eigenvalue weighted by Crippen LogP contribution is -2.58. The molecule has 0 aliphatic heterocycles. The van der Waals surface area contributed by atoms with Gasteiger partial charge in [0.2, 0.25) is 0 Å². The number of hydrazine groups is 1. The van der Waals surface area contributed by atoms with Crippen LogP contribution in [0.15, 0.2) is 0 Å². The third kappa shape index (κ3) is 5.23. The second-order valence-electron chi connectivity index (χ2n) is 4.83. The zero-order chi connectivity index (χ0) is 13.7. The second kappa shape index (κ2) is 6.56. The Morgan fingerprint density at radius 1 is 1.29 bits per heavy atom. The summed E-state index contributed by atoms with van der Waals surface area (Å²) in [5, 5.41) is 0. The van der Waals surface area contributed by atoms with Crippen LogP contribution in [-0.4, -0.2) is 36.8 Å². The molecule has 0 fully saturated rings. The van der Waals surface area contributed by atoms with E-state index in [0.29, 0.717) is 6.42 Å². The van der Waals surface area contributed by atoms with Gasteiger partial charge in [-0.25, -0.2) is 0 Å². The summed E-state index contributed by atoms with van der Waals surface area (Å²) in [6.07, 6.45) is -3.50. The first-order valence-corrected chi connectivity index (χ1v) is 5.87. The van der Waals surface area contributed by atoms with E-state index in [1.807, 2.05) is 32.8 Å². The van der Waals surface area contributed by atoms with Crippen molar-refractivity contribution in [3.05, 3.63) is 0 Å². The van der Waals surface area contributed by atoms with Crippen molar-refractivity contribution in [2.45, 2.75) is 57.3 Å². The standard InChI is InChI=1S/C11H24F3N3/c1-5-10(2,17(3)4)9(16-15)7-6-8-11(12,13)14/h9,16H,5-8,15H2,1-4H3. The fraction of sp³-hybridized carbons (Fsp3) is 1.00. The molecule has 0 aromatic carbocycles. The molecule has 0 spiro atoms. The van der Waals surface area contributed by atoms with Crippen molar-refractivity contribution in [1.82, 2.24) is 10.3 Å². The number of halogens is 3. The predicted molar refractivity (Wildman–Crippen MR) is 63.4 cm³/mol. The zero-order valence-electron chi connectivity index (χ0n) is 11.1. The van der Waals surface area contributed by atoms with Crippen LogP contribution in [0.4, 0.5) is 13.2 Å². The van der Waals surface area contributed by atoms with Gasteiger partial charge in [0.1, 0.15) is 0 Å². The number of rotatable bonds is 7. The highest BCUT2D eigenvalue weighted by Crippen LogP contribution is 2.27. The van der Waals surface area contributed by atoms with Crippen molar-refractivity contribution in [3.8, 4) is 0 Å². The second-order valence-corrected chi connectivity index (χ2v) is 4.83. The molecule has 0 amide bonds. The molecular weight excluding hydrogens is 231 g/mol. The Hall–Kier alpha value is -0.330. The van der Waals surface area contributed by atoms with Crippen LogP contribution in [0.5, 0.6) is 0 Å². The number of nitrogens with zero attached hydrogens (tertiary/aromatic N) is 1. The molecule has 0 aromatic heterocycles. The van der Waals surface area contributed by atoms with E-state index in [2.05, 4.69) is 5.43 Å². The van der Waals surface area contributed by atoms with Gasteiger partial charge in [-0.05, 0) is 40.3 Å². The molecule has 0 bridgehead atoms. The summed E-state index contributed by atoms with van der Waals surface area (Å²) < 4.78 is 36.3. The molecule has 2 unspecified atom stereocenters. The minimum Gasteiger partial charge on any atom is -0.302 e. The molecule has 17 heavy (non-hydrogen) atoms. The summed E-state index contributed by atoms with van der Waals surface area (Å²) in [5.41, 5.74) is 2.42. The molecule has 0 heterocycles. The molecule has 2 atom stereocenters. The smallest absolute Gasteiger partial charge is 0.302 e. The minimum atomic E-state index is -4.08. The van der Waals surface area contributed by atoms with E-state index in [0.717, 1.165) is 6.42 Å². The molecule has 0 radical (unpaired) electrons. The summed E-state index contributed by atoms with van der Waals surface area (Å²) >= 11 is 0. The van der Waals surface area contributed by atoms with Crippen LogP contribution in [0.3, 0.4) is 0 Å². The van der Waals surface area contributed by atoms with Gasteiger partial charge in [0.25, 0.3) is 0 Å². The highest BCUT2D eigenvalue weighted by molar-refractivity contribution is 4.93. The van der Waals surface area contributed by atoms with Gasteiger partial charge in [0, 0.05) is 18.0 Å². The van der Waals surface area contributed by atoms with E-state index in [4.69, 9.17) is 5.84 Å². The van der Waals surface area contributed by atoms with Gasteiger partial charge in [-0.15, -0.1) is 0 Å². The summed E-state index contributed by atoms with van der Waals surface area (Å²) in [4.78, 5) is 2.01. The predicted octanol–water partition coefficient (Wildman–Crippen LogP) is 2.28. The van der Waals surface area contributed by atoms with Gasteiger partial charge >= 0.3 is 6.18 Å². The van der Waals surface area contributed by atoms with Gasteiger partial charge in [0.15, 0.2) is 0 Å². The van der Waals surface area contributed by atoms with Crippen molar-refractivity contribution in [1.29, 1.82) is 0 Å². The molecule has 6 heteroatoms. The van der Waals surface area contributed by atoms with Crippen LogP contribution < -0.4 is 11.3 Å². The van der Waals surface area contributed by atoms with Gasteiger partial charge in [-0.1, -0.05) is 6.92 Å². The number of hydrogen-bond acceptors (Lipinski definition) is 3. The first kappa shape index (κ1) is 16.7. The number of nitrogens with two attached hydrogens (primary N) is 1. The van der Waals surface area contributed by atoms with Crippen molar-refractivity contribution >= 4 is 0 Å². The average molecular weight is 255 g/mol. The Bertz CT molecular complexity index is 218. The van der Waals surface area contributed by atoms with Crippen LogP contribution in [0.25, 0.3) is 0 Å². The van der Waals surface area contributed by atoms with E-state index >= 15 is 0 Å². The van der Waals surface area contributed by atoms with Gasteiger partial charge in [0.05, 0.1) is 0 Å². The molecule has 3 nitrogen and oxygen atoms in total. The number of hydrogen-bond donors (Lipinski definition) is 2. The molecule has 0 aliphatic carbocycles. The summed E-state index contributed by atoms with van der Waals surface area (Å²) in [6, 6.07) is -0.148. The Morgan fingerprint density at radius 2 is 1.82 bits per heavy atom. The van der Waals surface area contributed by atoms with Gasteiger partial charge in [-0.3, -0.25) is 11.3 Å². The number of alkyl halides is 3. The monoisotopic (exact) mass is 255 g/mol. The lowest BCUT2D eigenvalue weighted by Gasteiger charge is -2.42. The summed E-state index contributed by atoms with van der Waals surface area (Å²) in [5.74, 6) is 5.46. The van der Waals surface area contributed by atoms with Crippen molar-refractivity contribution in [3.63, 3.8) is 0 Å². The zero-order valence-corrected chi connectivity index (χ0v) is 11.1. The molecule has 0 saturated heterocycles. The highest BCUT2D eigenvalue weighted by Gasteiger charge is 2.35. The number of likely N-dealkylation sites (N-methyl/N-ethyl adjacent to an activating group) is 1. The SMILES string of the molecule is CCC(C)(C(CCCC(F)(F)F)NN)N(C)C. The minimum absolute atomic E-state index is 0.0990. The van der Waals surface area contributed by atoms with Crippen LogP contribution in [0.2, 0.25) is 0 Å². The van der Waals surface area contributed by atoms with Crippen LogP contribution in [0.1, 0.15) is 39.5 Å². The topological polar surface area (TPSA) is 41.3 Å². The van der Waals surface area contributed by atoms with E-state index in [1.165, 1.54) is 0 Å². The van der Waals surface area contributed by atoms with E-state index < -0.39 is 12.6 Å². The van der Waals surface area contributed by atoms with Crippen molar-refractivity contribution in [2.24, 2.45) is 5.84 Å². The number of nitrogens with one attached hydrogen (secondary N) is 1. The third-order valence-corrected chi connectivity index (χ3v) is 3.64. The first-order chi connectivity index (χ1) is 7.67. The van der Waals surface area contributed by atoms with E-state index in [-0.39, 0.29) is 18.0 Å². The third-order valence-electron chi connectivity index (χ3n) is 3.64. The molecule has 104 valence electrons. The quantitative estimate of drug-likeness (QED) is 0.541. The van der Waals surface area contributed by atoms with E-state index in [9.17, 15) is 13.2 Å². The molecular formula is C11H24F3N3. The molecule has 0 aromatic rings.